The number of amides is 2. The molecule has 9 heteroatoms. The summed E-state index contributed by atoms with van der Waals surface area (Å²) < 4.78 is 10.6. The van der Waals surface area contributed by atoms with Crippen molar-refractivity contribution in [2.24, 2.45) is 0 Å². The van der Waals surface area contributed by atoms with Gasteiger partial charge in [0.05, 0.1) is 30.4 Å². The minimum absolute atomic E-state index is 0.0319. The molecule has 2 amide bonds. The molecule has 1 aromatic carbocycles. The molecule has 1 aliphatic heterocycles. The first-order valence-electron chi connectivity index (χ1n) is 9.94. The van der Waals surface area contributed by atoms with Crippen LogP contribution >= 0.6 is 11.6 Å². The fourth-order valence-electron chi connectivity index (χ4n) is 3.06. The maximum Gasteiger partial charge on any atom is 0.410 e. The highest BCUT2D eigenvalue weighted by Gasteiger charge is 2.37. The van der Waals surface area contributed by atoms with Crippen molar-refractivity contribution in [2.75, 3.05) is 38.1 Å². The van der Waals surface area contributed by atoms with E-state index in [1.165, 1.54) is 4.90 Å². The van der Waals surface area contributed by atoms with Crippen LogP contribution in [0.1, 0.15) is 33.3 Å². The van der Waals surface area contributed by atoms with Crippen LogP contribution in [-0.2, 0) is 19.1 Å². The molecule has 30 heavy (non-hydrogen) atoms. The van der Waals surface area contributed by atoms with Crippen molar-refractivity contribution in [1.29, 1.82) is 0 Å². The van der Waals surface area contributed by atoms with Crippen LogP contribution in [0.15, 0.2) is 18.2 Å². The van der Waals surface area contributed by atoms with E-state index in [0.717, 1.165) is 5.56 Å². The molecule has 1 unspecified atom stereocenters. The number of aryl methyl sites for hydroxylation is 1. The van der Waals surface area contributed by atoms with E-state index in [-0.39, 0.29) is 25.6 Å². The number of carbonyl (C=O) groups excluding carboxylic acids is 3. The zero-order valence-electron chi connectivity index (χ0n) is 18.2. The molecule has 166 valence electrons. The summed E-state index contributed by atoms with van der Waals surface area (Å²) in [7, 11) is 0. The Kier molecular flexibility index (Phi) is 8.09. The van der Waals surface area contributed by atoms with Gasteiger partial charge in [-0.15, -0.1) is 0 Å². The van der Waals surface area contributed by atoms with Gasteiger partial charge in [0.25, 0.3) is 0 Å². The van der Waals surface area contributed by atoms with E-state index in [1.54, 1.807) is 44.7 Å². The van der Waals surface area contributed by atoms with Gasteiger partial charge in [-0.2, -0.15) is 0 Å². The third-order valence-corrected chi connectivity index (χ3v) is 4.76. The number of hydrogen-bond donors (Lipinski definition) is 1. The lowest BCUT2D eigenvalue weighted by molar-refractivity contribution is -0.152. The fourth-order valence-corrected chi connectivity index (χ4v) is 3.34. The number of rotatable bonds is 5. The average Bonchev–Trinajstić information content (AvgIpc) is 2.63. The van der Waals surface area contributed by atoms with Gasteiger partial charge >= 0.3 is 12.1 Å². The van der Waals surface area contributed by atoms with Crippen LogP contribution in [0.4, 0.5) is 10.5 Å². The third-order valence-electron chi connectivity index (χ3n) is 4.45. The first-order valence-corrected chi connectivity index (χ1v) is 10.3. The average molecular weight is 440 g/mol. The zero-order valence-corrected chi connectivity index (χ0v) is 18.9. The standard InChI is InChI=1S/C21H30ClN3O5/c1-6-29-19(27)17-12-25(20(28)30-21(3,4)5)10-9-24(17)13-18(26)23-16-8-7-14(2)11-15(16)22/h7-8,11,17H,6,9-10,12-13H2,1-5H3,(H,23,26). The van der Waals surface area contributed by atoms with Gasteiger partial charge in [0.2, 0.25) is 5.91 Å². The van der Waals surface area contributed by atoms with Crippen LogP contribution in [0.2, 0.25) is 5.02 Å². The minimum Gasteiger partial charge on any atom is -0.465 e. The van der Waals surface area contributed by atoms with Gasteiger partial charge in [-0.3, -0.25) is 14.5 Å². The maximum atomic E-state index is 12.6. The van der Waals surface area contributed by atoms with Gasteiger partial charge in [0.15, 0.2) is 0 Å². The van der Waals surface area contributed by atoms with Crippen LogP contribution in [0.3, 0.4) is 0 Å². The van der Waals surface area contributed by atoms with Gasteiger partial charge in [0.1, 0.15) is 11.6 Å². The smallest absolute Gasteiger partial charge is 0.410 e. The molecule has 0 spiro atoms. The van der Waals surface area contributed by atoms with Crippen molar-refractivity contribution in [3.63, 3.8) is 0 Å². The van der Waals surface area contributed by atoms with Crippen molar-refractivity contribution >= 4 is 35.3 Å². The number of esters is 1. The molecule has 0 aromatic heterocycles. The van der Waals surface area contributed by atoms with Gasteiger partial charge in [-0.25, -0.2) is 4.79 Å². The summed E-state index contributed by atoms with van der Waals surface area (Å²) in [6.45, 7) is 9.90. The number of ether oxygens (including phenoxy) is 2. The Balaban J connectivity index is 2.07. The Morgan fingerprint density at radius 2 is 1.93 bits per heavy atom. The lowest BCUT2D eigenvalue weighted by atomic mass is 10.1. The second-order valence-corrected chi connectivity index (χ2v) is 8.60. The van der Waals surface area contributed by atoms with E-state index < -0.39 is 23.7 Å². The predicted molar refractivity (Wildman–Crippen MR) is 115 cm³/mol. The molecule has 1 heterocycles. The largest absolute Gasteiger partial charge is 0.465 e. The fraction of sp³-hybridized carbons (Fsp3) is 0.571. The van der Waals surface area contributed by atoms with Crippen molar-refractivity contribution in [2.45, 2.75) is 46.3 Å². The van der Waals surface area contributed by atoms with E-state index >= 15 is 0 Å². The number of hydrogen-bond acceptors (Lipinski definition) is 6. The molecule has 1 fully saturated rings. The van der Waals surface area contributed by atoms with Gasteiger partial charge < -0.3 is 19.7 Å². The third kappa shape index (κ3) is 6.88. The first-order chi connectivity index (χ1) is 14.0. The number of piperazine rings is 1. The van der Waals surface area contributed by atoms with Crippen molar-refractivity contribution in [3.8, 4) is 0 Å². The monoisotopic (exact) mass is 439 g/mol. The summed E-state index contributed by atoms with van der Waals surface area (Å²) in [6, 6.07) is 4.59. The number of carbonyl (C=O) groups is 3. The second kappa shape index (κ2) is 10.1. The van der Waals surface area contributed by atoms with Crippen LogP contribution in [0.25, 0.3) is 0 Å². The highest BCUT2D eigenvalue weighted by atomic mass is 35.5. The van der Waals surface area contributed by atoms with Crippen LogP contribution in [0.5, 0.6) is 0 Å². The molecule has 0 aliphatic carbocycles. The Morgan fingerprint density at radius 3 is 2.53 bits per heavy atom. The normalized spacial score (nSPS) is 17.4. The number of nitrogens with zero attached hydrogens (tertiary/aromatic N) is 2. The first kappa shape index (κ1) is 24.0. The number of benzene rings is 1. The van der Waals surface area contributed by atoms with Crippen LogP contribution in [0, 0.1) is 6.92 Å². The highest BCUT2D eigenvalue weighted by Crippen LogP contribution is 2.23. The van der Waals surface area contributed by atoms with E-state index in [2.05, 4.69) is 5.32 Å². The van der Waals surface area contributed by atoms with Crippen molar-refractivity contribution in [1.82, 2.24) is 9.80 Å². The Hall–Kier alpha value is -2.32. The molecule has 1 aromatic rings. The summed E-state index contributed by atoms with van der Waals surface area (Å²) in [5.41, 5.74) is 0.854. The predicted octanol–water partition coefficient (Wildman–Crippen LogP) is 3.07. The molecule has 0 radical (unpaired) electrons. The summed E-state index contributed by atoms with van der Waals surface area (Å²) in [5.74, 6) is -0.785. The summed E-state index contributed by atoms with van der Waals surface area (Å²) in [6.07, 6.45) is -0.493. The van der Waals surface area contributed by atoms with Crippen molar-refractivity contribution in [3.05, 3.63) is 28.8 Å². The molecule has 1 N–H and O–H groups in total. The van der Waals surface area contributed by atoms with E-state index in [1.807, 2.05) is 13.0 Å². The molecular formula is C21H30ClN3O5. The van der Waals surface area contributed by atoms with Crippen LogP contribution in [-0.4, -0.2) is 72.2 Å². The van der Waals surface area contributed by atoms with Gasteiger partial charge in [-0.1, -0.05) is 17.7 Å². The number of halogens is 1. The maximum absolute atomic E-state index is 12.6. The molecule has 1 atom stereocenters. The lowest BCUT2D eigenvalue weighted by Gasteiger charge is -2.39. The van der Waals surface area contributed by atoms with Gasteiger partial charge in [0, 0.05) is 13.1 Å². The lowest BCUT2D eigenvalue weighted by Crippen LogP contribution is -2.59. The SMILES string of the molecule is CCOC(=O)C1CN(C(=O)OC(C)(C)C)CCN1CC(=O)Nc1ccc(C)cc1Cl. The summed E-state index contributed by atoms with van der Waals surface area (Å²) in [4.78, 5) is 40.7. The van der Waals surface area contributed by atoms with E-state index in [9.17, 15) is 14.4 Å². The highest BCUT2D eigenvalue weighted by molar-refractivity contribution is 6.33. The van der Waals surface area contributed by atoms with Crippen LogP contribution < -0.4 is 5.32 Å². The Bertz CT molecular complexity index is 793. The second-order valence-electron chi connectivity index (χ2n) is 8.20. The number of nitrogens with one attached hydrogen (secondary N) is 1. The van der Waals surface area contributed by atoms with Crippen molar-refractivity contribution < 1.29 is 23.9 Å². The van der Waals surface area contributed by atoms with E-state index in [0.29, 0.717) is 23.8 Å². The quantitative estimate of drug-likeness (QED) is 0.709. The van der Waals surface area contributed by atoms with E-state index in [4.69, 9.17) is 21.1 Å². The summed E-state index contributed by atoms with van der Waals surface area (Å²) >= 11 is 6.18. The number of anilines is 1. The zero-order chi connectivity index (χ0) is 22.5. The topological polar surface area (TPSA) is 88.2 Å². The molecular weight excluding hydrogens is 410 g/mol. The molecule has 2 rings (SSSR count). The molecule has 1 saturated heterocycles. The van der Waals surface area contributed by atoms with Gasteiger partial charge in [-0.05, 0) is 52.3 Å². The Labute approximate surface area is 182 Å². The molecule has 1 aliphatic rings. The minimum atomic E-state index is -0.759. The molecule has 8 nitrogen and oxygen atoms in total. The molecule has 0 saturated carbocycles. The Morgan fingerprint density at radius 1 is 1.23 bits per heavy atom. The molecule has 0 bridgehead atoms. The summed E-state index contributed by atoms with van der Waals surface area (Å²) in [5, 5.41) is 3.22.